The number of carbonyl (C=O) groups is 2. The summed E-state index contributed by atoms with van der Waals surface area (Å²) >= 11 is 2.37. The van der Waals surface area contributed by atoms with Crippen LogP contribution in [0.3, 0.4) is 0 Å². The van der Waals surface area contributed by atoms with Crippen LogP contribution in [0.25, 0.3) is 10.2 Å². The number of carbonyl (C=O) groups excluding carboxylic acids is 2. The second kappa shape index (κ2) is 12.0. The van der Waals surface area contributed by atoms with E-state index in [4.69, 9.17) is 9.72 Å². The van der Waals surface area contributed by atoms with Crippen LogP contribution in [0, 0.1) is 6.92 Å². The Hall–Kier alpha value is -3.43. The van der Waals surface area contributed by atoms with Crippen LogP contribution in [-0.2, 0) is 29.0 Å². The maximum atomic E-state index is 13.6. The van der Waals surface area contributed by atoms with Crippen LogP contribution >= 0.6 is 23.1 Å². The SMILES string of the molecule is CCOC(=O)c1sc2nc(SCC(=O)NCc3ccccc3)n(CCc3ccccc3)c(=O)c2c1C. The lowest BCUT2D eigenvalue weighted by molar-refractivity contribution is -0.118. The summed E-state index contributed by atoms with van der Waals surface area (Å²) in [5.74, 6) is -0.490. The number of benzene rings is 2. The Labute approximate surface area is 217 Å². The standard InChI is InChI=1S/C27H27N3O4S2/c1-3-34-26(33)23-18(2)22-24(36-23)29-27(30(25(22)32)15-14-19-10-6-4-7-11-19)35-17-21(31)28-16-20-12-8-5-9-13-20/h4-13H,3,14-17H2,1-2H3,(H,28,31). The number of hydrogen-bond donors (Lipinski definition) is 1. The average molecular weight is 522 g/mol. The van der Waals surface area contributed by atoms with E-state index >= 15 is 0 Å². The zero-order valence-electron chi connectivity index (χ0n) is 20.2. The number of nitrogens with one attached hydrogen (secondary N) is 1. The van der Waals surface area contributed by atoms with E-state index in [0.29, 0.717) is 45.3 Å². The lowest BCUT2D eigenvalue weighted by Gasteiger charge is -2.12. The number of fused-ring (bicyclic) bond motifs is 1. The maximum absolute atomic E-state index is 13.6. The molecule has 0 fully saturated rings. The molecule has 0 aliphatic carbocycles. The van der Waals surface area contributed by atoms with Gasteiger partial charge in [-0.2, -0.15) is 0 Å². The van der Waals surface area contributed by atoms with Crippen molar-refractivity contribution < 1.29 is 14.3 Å². The van der Waals surface area contributed by atoms with Gasteiger partial charge in [0.25, 0.3) is 5.56 Å². The van der Waals surface area contributed by atoms with Gasteiger partial charge in [0.2, 0.25) is 5.91 Å². The van der Waals surface area contributed by atoms with E-state index in [-0.39, 0.29) is 23.8 Å². The molecule has 0 atom stereocenters. The molecule has 4 aromatic rings. The number of esters is 1. The van der Waals surface area contributed by atoms with Crippen LogP contribution in [0.1, 0.15) is 33.3 Å². The molecule has 2 aromatic heterocycles. The van der Waals surface area contributed by atoms with Crippen LogP contribution in [0.4, 0.5) is 0 Å². The van der Waals surface area contributed by atoms with Crippen molar-refractivity contribution >= 4 is 45.2 Å². The molecule has 7 nitrogen and oxygen atoms in total. The van der Waals surface area contributed by atoms with Crippen molar-refractivity contribution in [2.24, 2.45) is 0 Å². The van der Waals surface area contributed by atoms with E-state index in [1.165, 1.54) is 11.8 Å². The highest BCUT2D eigenvalue weighted by Gasteiger charge is 2.23. The van der Waals surface area contributed by atoms with E-state index in [1.54, 1.807) is 18.4 Å². The van der Waals surface area contributed by atoms with Crippen molar-refractivity contribution in [2.75, 3.05) is 12.4 Å². The van der Waals surface area contributed by atoms with Crippen LogP contribution in [-0.4, -0.2) is 33.8 Å². The average Bonchev–Trinajstić information content (AvgIpc) is 3.23. The van der Waals surface area contributed by atoms with Gasteiger partial charge in [-0.25, -0.2) is 9.78 Å². The minimum atomic E-state index is -0.456. The highest BCUT2D eigenvalue weighted by Crippen LogP contribution is 2.30. The summed E-state index contributed by atoms with van der Waals surface area (Å²) in [5.41, 5.74) is 2.47. The molecule has 2 aromatic carbocycles. The Morgan fingerprint density at radius 3 is 2.39 bits per heavy atom. The molecule has 186 valence electrons. The first kappa shape index (κ1) is 25.7. The predicted octanol–water partition coefficient (Wildman–Crippen LogP) is 4.59. The van der Waals surface area contributed by atoms with Gasteiger partial charge in [-0.1, -0.05) is 72.4 Å². The largest absolute Gasteiger partial charge is 0.462 e. The molecule has 1 N–H and O–H groups in total. The Morgan fingerprint density at radius 1 is 1.06 bits per heavy atom. The Kier molecular flexibility index (Phi) is 8.56. The summed E-state index contributed by atoms with van der Waals surface area (Å²) in [7, 11) is 0. The van der Waals surface area contributed by atoms with Crippen LogP contribution in [0.15, 0.2) is 70.6 Å². The number of ether oxygens (including phenoxy) is 1. The minimum absolute atomic E-state index is 0.116. The molecule has 9 heteroatoms. The lowest BCUT2D eigenvalue weighted by Crippen LogP contribution is -2.27. The van der Waals surface area contributed by atoms with Gasteiger partial charge >= 0.3 is 5.97 Å². The quantitative estimate of drug-likeness (QED) is 0.186. The van der Waals surface area contributed by atoms with Crippen molar-refractivity contribution in [3.8, 4) is 0 Å². The molecule has 1 amide bonds. The molecule has 36 heavy (non-hydrogen) atoms. The normalized spacial score (nSPS) is 10.9. The topological polar surface area (TPSA) is 90.3 Å². The third-order valence-electron chi connectivity index (χ3n) is 5.61. The molecule has 2 heterocycles. The number of amides is 1. The van der Waals surface area contributed by atoms with Crippen LogP contribution < -0.4 is 10.9 Å². The van der Waals surface area contributed by atoms with E-state index in [0.717, 1.165) is 22.5 Å². The molecule has 0 radical (unpaired) electrons. The van der Waals surface area contributed by atoms with E-state index in [1.807, 2.05) is 60.7 Å². The zero-order chi connectivity index (χ0) is 25.5. The molecule has 0 saturated heterocycles. The third-order valence-corrected chi connectivity index (χ3v) is 7.75. The van der Waals surface area contributed by atoms with Gasteiger partial charge in [-0.15, -0.1) is 11.3 Å². The van der Waals surface area contributed by atoms with Gasteiger partial charge in [0.05, 0.1) is 17.7 Å². The van der Waals surface area contributed by atoms with Crippen LogP contribution in [0.5, 0.6) is 0 Å². The number of aromatic nitrogens is 2. The van der Waals surface area contributed by atoms with Gasteiger partial charge in [0.1, 0.15) is 9.71 Å². The van der Waals surface area contributed by atoms with Crippen molar-refractivity contribution in [1.29, 1.82) is 0 Å². The number of thioether (sulfide) groups is 1. The molecule has 0 bridgehead atoms. The minimum Gasteiger partial charge on any atom is -0.462 e. The molecule has 0 unspecified atom stereocenters. The summed E-state index contributed by atoms with van der Waals surface area (Å²) in [6, 6.07) is 19.6. The highest BCUT2D eigenvalue weighted by molar-refractivity contribution is 7.99. The lowest BCUT2D eigenvalue weighted by atomic mass is 10.1. The van der Waals surface area contributed by atoms with E-state index in [2.05, 4.69) is 5.32 Å². The van der Waals surface area contributed by atoms with Gasteiger partial charge in [0.15, 0.2) is 5.16 Å². The summed E-state index contributed by atoms with van der Waals surface area (Å²) in [6.07, 6.45) is 0.635. The first-order valence-corrected chi connectivity index (χ1v) is 13.5. The van der Waals surface area contributed by atoms with E-state index < -0.39 is 5.97 Å². The molecule has 0 aliphatic heterocycles. The summed E-state index contributed by atoms with van der Waals surface area (Å²) in [6.45, 7) is 4.58. The summed E-state index contributed by atoms with van der Waals surface area (Å²) in [5, 5.41) is 3.79. The third kappa shape index (κ3) is 6.03. The molecular formula is C27H27N3O4S2. The monoisotopic (exact) mass is 521 g/mol. The Morgan fingerprint density at radius 2 is 1.72 bits per heavy atom. The van der Waals surface area contributed by atoms with Crippen molar-refractivity contribution in [3.63, 3.8) is 0 Å². The number of nitrogens with zero attached hydrogens (tertiary/aromatic N) is 2. The summed E-state index contributed by atoms with van der Waals surface area (Å²) < 4.78 is 6.77. The predicted molar refractivity (Wildman–Crippen MR) is 144 cm³/mol. The molecule has 4 rings (SSSR count). The maximum Gasteiger partial charge on any atom is 0.348 e. The fourth-order valence-electron chi connectivity index (χ4n) is 3.76. The number of rotatable bonds is 10. The van der Waals surface area contributed by atoms with Gasteiger partial charge < -0.3 is 10.1 Å². The van der Waals surface area contributed by atoms with Crippen molar-refractivity contribution in [3.05, 3.63) is 92.6 Å². The summed E-state index contributed by atoms with van der Waals surface area (Å²) in [4.78, 5) is 44.1. The molecule has 0 aliphatic rings. The number of aryl methyl sites for hydroxylation is 2. The zero-order valence-corrected chi connectivity index (χ0v) is 21.8. The fourth-order valence-corrected chi connectivity index (χ4v) is 5.73. The van der Waals surface area contributed by atoms with Gasteiger partial charge in [0, 0.05) is 13.1 Å². The first-order valence-electron chi connectivity index (χ1n) is 11.7. The second-order valence-electron chi connectivity index (χ2n) is 8.09. The number of thiophene rings is 1. The van der Waals surface area contributed by atoms with Crippen molar-refractivity contribution in [1.82, 2.24) is 14.9 Å². The Balaban J connectivity index is 1.61. The number of hydrogen-bond acceptors (Lipinski definition) is 7. The second-order valence-corrected chi connectivity index (χ2v) is 10.0. The first-order chi connectivity index (χ1) is 17.5. The molecule has 0 spiro atoms. The molecular weight excluding hydrogens is 494 g/mol. The van der Waals surface area contributed by atoms with Gasteiger partial charge in [-0.05, 0) is 37.0 Å². The smallest absolute Gasteiger partial charge is 0.348 e. The fraction of sp³-hybridized carbons (Fsp3) is 0.259. The molecule has 0 saturated carbocycles. The van der Waals surface area contributed by atoms with E-state index in [9.17, 15) is 14.4 Å². The highest BCUT2D eigenvalue weighted by atomic mass is 32.2. The van der Waals surface area contributed by atoms with Crippen LogP contribution in [0.2, 0.25) is 0 Å². The van der Waals surface area contributed by atoms with Crippen molar-refractivity contribution in [2.45, 2.75) is 38.5 Å². The van der Waals surface area contributed by atoms with Gasteiger partial charge in [-0.3, -0.25) is 14.2 Å². The Bertz CT molecular complexity index is 1420.